The van der Waals surface area contributed by atoms with Crippen LogP contribution in [0.5, 0.6) is 0 Å². The molecule has 3 aliphatic rings. The fraction of sp³-hybridized carbons (Fsp3) is 0.519. The summed E-state index contributed by atoms with van der Waals surface area (Å²) >= 11 is 12.8. The molecule has 1 aliphatic carbocycles. The van der Waals surface area contributed by atoms with Crippen molar-refractivity contribution in [3.05, 3.63) is 70.8 Å². The first-order valence-corrected chi connectivity index (χ1v) is 12.2. The SMILES string of the molecule is C=CC[C@@]1(C)C[C@H](c2cccc(Cl)c2)C([C@H]2C=CC(Cl)=CC2C)[N+]2=C1OCC2C(C)C. The third kappa shape index (κ3) is 4.14. The first kappa shape index (κ1) is 22.7. The van der Waals surface area contributed by atoms with Gasteiger partial charge in [-0.25, -0.2) is 0 Å². The Balaban J connectivity index is 1.91. The maximum Gasteiger partial charge on any atom is 0.343 e. The zero-order valence-corrected chi connectivity index (χ0v) is 20.5. The average molecular weight is 459 g/mol. The molecule has 0 spiro atoms. The van der Waals surface area contributed by atoms with Gasteiger partial charge in [-0.3, -0.25) is 0 Å². The summed E-state index contributed by atoms with van der Waals surface area (Å²) in [6, 6.07) is 9.08. The highest BCUT2D eigenvalue weighted by Gasteiger charge is 2.59. The molecule has 31 heavy (non-hydrogen) atoms. The van der Waals surface area contributed by atoms with E-state index < -0.39 is 0 Å². The van der Waals surface area contributed by atoms with Gasteiger partial charge in [-0.05, 0) is 49.5 Å². The molecule has 0 bridgehead atoms. The summed E-state index contributed by atoms with van der Waals surface area (Å²) in [6.07, 6.45) is 10.5. The minimum Gasteiger partial charge on any atom is -0.441 e. The summed E-state index contributed by atoms with van der Waals surface area (Å²) in [5, 5.41) is 1.63. The second-order valence-electron chi connectivity index (χ2n) is 10.1. The van der Waals surface area contributed by atoms with E-state index in [1.54, 1.807) is 0 Å². The topological polar surface area (TPSA) is 12.2 Å². The van der Waals surface area contributed by atoms with E-state index in [0.717, 1.165) is 35.4 Å². The van der Waals surface area contributed by atoms with Crippen LogP contribution in [0.15, 0.2) is 60.2 Å². The van der Waals surface area contributed by atoms with Crippen molar-refractivity contribution in [2.45, 2.75) is 58.5 Å². The van der Waals surface area contributed by atoms with Crippen LogP contribution in [0.4, 0.5) is 0 Å². The molecule has 2 heterocycles. The van der Waals surface area contributed by atoms with Gasteiger partial charge in [0.15, 0.2) is 18.7 Å². The van der Waals surface area contributed by atoms with Gasteiger partial charge in [0, 0.05) is 27.8 Å². The summed E-state index contributed by atoms with van der Waals surface area (Å²) in [5.41, 5.74) is 1.23. The number of ether oxygens (including phenoxy) is 1. The van der Waals surface area contributed by atoms with Gasteiger partial charge in [0.05, 0.1) is 5.41 Å². The summed E-state index contributed by atoms with van der Waals surface area (Å²) in [6.45, 7) is 14.0. The molecular weight excluding hydrogens is 425 g/mol. The molecule has 4 rings (SSSR count). The van der Waals surface area contributed by atoms with E-state index in [-0.39, 0.29) is 11.5 Å². The minimum atomic E-state index is -0.0794. The van der Waals surface area contributed by atoms with Gasteiger partial charge in [-0.15, -0.1) is 6.58 Å². The Kier molecular flexibility index (Phi) is 6.43. The van der Waals surface area contributed by atoms with Crippen LogP contribution in [-0.4, -0.2) is 29.2 Å². The molecule has 4 heteroatoms. The molecule has 0 N–H and O–H groups in total. The number of hydrogen-bond donors (Lipinski definition) is 0. The molecule has 2 nitrogen and oxygen atoms in total. The number of nitrogens with zero attached hydrogens (tertiary/aromatic N) is 1. The molecule has 0 aromatic heterocycles. The second kappa shape index (κ2) is 8.79. The van der Waals surface area contributed by atoms with Crippen LogP contribution in [-0.2, 0) is 4.74 Å². The van der Waals surface area contributed by atoms with Crippen LogP contribution in [0.1, 0.15) is 52.0 Å². The Hall–Kier alpha value is -1.51. The lowest BCUT2D eigenvalue weighted by molar-refractivity contribution is -0.617. The maximum absolute atomic E-state index is 6.49. The van der Waals surface area contributed by atoms with Crippen molar-refractivity contribution in [3.8, 4) is 0 Å². The Bertz CT molecular complexity index is 946. The van der Waals surface area contributed by atoms with E-state index >= 15 is 0 Å². The Labute approximate surface area is 197 Å². The molecule has 2 aliphatic heterocycles. The fourth-order valence-electron chi connectivity index (χ4n) is 5.93. The van der Waals surface area contributed by atoms with Crippen molar-refractivity contribution in [2.75, 3.05) is 6.61 Å². The number of benzene rings is 1. The summed E-state index contributed by atoms with van der Waals surface area (Å²) < 4.78 is 9.13. The second-order valence-corrected chi connectivity index (χ2v) is 11.0. The number of hydrogen-bond acceptors (Lipinski definition) is 1. The van der Waals surface area contributed by atoms with Crippen molar-refractivity contribution in [2.24, 2.45) is 23.2 Å². The predicted molar refractivity (Wildman–Crippen MR) is 131 cm³/mol. The molecule has 1 aromatic carbocycles. The monoisotopic (exact) mass is 458 g/mol. The Morgan fingerprint density at radius 1 is 1.32 bits per heavy atom. The summed E-state index contributed by atoms with van der Waals surface area (Å²) in [7, 11) is 0. The van der Waals surface area contributed by atoms with Gasteiger partial charge in [-0.2, -0.15) is 4.58 Å². The van der Waals surface area contributed by atoms with Crippen LogP contribution in [0.2, 0.25) is 5.02 Å². The van der Waals surface area contributed by atoms with E-state index in [2.05, 4.69) is 75.3 Å². The molecule has 6 atom stereocenters. The molecule has 0 fully saturated rings. The maximum atomic E-state index is 6.49. The van der Waals surface area contributed by atoms with Crippen LogP contribution >= 0.6 is 23.2 Å². The van der Waals surface area contributed by atoms with E-state index in [9.17, 15) is 0 Å². The lowest BCUT2D eigenvalue weighted by Crippen LogP contribution is -2.54. The Morgan fingerprint density at radius 3 is 2.74 bits per heavy atom. The third-order valence-electron chi connectivity index (χ3n) is 7.45. The van der Waals surface area contributed by atoms with Gasteiger partial charge < -0.3 is 4.74 Å². The van der Waals surface area contributed by atoms with Gasteiger partial charge in [0.25, 0.3) is 0 Å². The van der Waals surface area contributed by atoms with Gasteiger partial charge in [0.1, 0.15) is 0 Å². The van der Waals surface area contributed by atoms with E-state index in [0.29, 0.717) is 29.7 Å². The highest BCUT2D eigenvalue weighted by Crippen LogP contribution is 2.49. The zero-order chi connectivity index (χ0) is 22.3. The lowest BCUT2D eigenvalue weighted by atomic mass is 9.65. The van der Waals surface area contributed by atoms with Crippen LogP contribution < -0.4 is 0 Å². The Morgan fingerprint density at radius 2 is 2.10 bits per heavy atom. The van der Waals surface area contributed by atoms with Crippen molar-refractivity contribution in [1.29, 1.82) is 0 Å². The van der Waals surface area contributed by atoms with E-state index in [1.165, 1.54) is 5.56 Å². The van der Waals surface area contributed by atoms with E-state index in [4.69, 9.17) is 27.9 Å². The summed E-state index contributed by atoms with van der Waals surface area (Å²) in [4.78, 5) is 0. The average Bonchev–Trinajstić information content (AvgIpc) is 3.15. The standard InChI is InChI=1S/C27H34Cl2NO/c1-6-12-27(5)15-23(19-8-7-9-20(28)14-19)25(22-11-10-21(29)13-18(22)4)30-24(17(2)3)16-31-26(27)30/h6-11,13-14,17-18,22-25H,1,12,15-16H2,2-5H3/q+1/t18?,22-,23+,24?,25?,27-/m0/s1. The fourth-order valence-corrected chi connectivity index (χ4v) is 6.40. The van der Waals surface area contributed by atoms with Crippen LogP contribution in [0.25, 0.3) is 0 Å². The van der Waals surface area contributed by atoms with Crippen molar-refractivity contribution in [1.82, 2.24) is 0 Å². The smallest absolute Gasteiger partial charge is 0.343 e. The van der Waals surface area contributed by atoms with Crippen molar-refractivity contribution < 1.29 is 9.31 Å². The molecule has 0 saturated heterocycles. The summed E-state index contributed by atoms with van der Waals surface area (Å²) in [5.74, 6) is 2.67. The minimum absolute atomic E-state index is 0.0794. The highest BCUT2D eigenvalue weighted by atomic mass is 35.5. The zero-order valence-electron chi connectivity index (χ0n) is 19.0. The molecule has 0 radical (unpaired) electrons. The molecule has 0 saturated carbocycles. The highest BCUT2D eigenvalue weighted by molar-refractivity contribution is 6.31. The molecule has 166 valence electrons. The van der Waals surface area contributed by atoms with Crippen molar-refractivity contribution in [3.63, 3.8) is 0 Å². The predicted octanol–water partition coefficient (Wildman–Crippen LogP) is 7.19. The van der Waals surface area contributed by atoms with Crippen LogP contribution in [0, 0.1) is 23.2 Å². The number of rotatable bonds is 5. The van der Waals surface area contributed by atoms with Crippen LogP contribution in [0.3, 0.4) is 0 Å². The molecule has 1 aromatic rings. The van der Waals surface area contributed by atoms with Gasteiger partial charge in [0.2, 0.25) is 0 Å². The largest absolute Gasteiger partial charge is 0.441 e. The number of allylic oxidation sites excluding steroid dienone is 4. The molecule has 0 amide bonds. The van der Waals surface area contributed by atoms with Crippen molar-refractivity contribution >= 4 is 29.1 Å². The third-order valence-corrected chi connectivity index (χ3v) is 7.93. The van der Waals surface area contributed by atoms with E-state index in [1.807, 2.05) is 12.1 Å². The molecule has 3 unspecified atom stereocenters. The quantitative estimate of drug-likeness (QED) is 0.335. The first-order chi connectivity index (χ1) is 14.7. The van der Waals surface area contributed by atoms with Gasteiger partial charge in [-0.1, -0.05) is 74.3 Å². The number of halogens is 2. The lowest BCUT2D eigenvalue weighted by Gasteiger charge is -2.42. The molecular formula is C27H34Cl2NO+. The normalized spacial score (nSPS) is 35.1. The first-order valence-electron chi connectivity index (χ1n) is 11.5. The van der Waals surface area contributed by atoms with Gasteiger partial charge >= 0.3 is 5.90 Å².